The Hall–Kier alpha value is -4.84. The van der Waals surface area contributed by atoms with Crippen LogP contribution in [0.3, 0.4) is 0 Å². The van der Waals surface area contributed by atoms with Crippen molar-refractivity contribution in [2.45, 2.75) is 82.8 Å². The van der Waals surface area contributed by atoms with Crippen LogP contribution in [0, 0.1) is 17.0 Å². The largest absolute Gasteiger partial charge is 0.480 e. The van der Waals surface area contributed by atoms with E-state index in [0.29, 0.717) is 43.6 Å². The van der Waals surface area contributed by atoms with Crippen LogP contribution in [0.1, 0.15) is 70.2 Å². The Bertz CT molecular complexity index is 1820. The highest BCUT2D eigenvalue weighted by Crippen LogP contribution is 2.41. The maximum Gasteiger partial charge on any atom is 0.321 e. The molecule has 57 heavy (non-hydrogen) atoms. The maximum absolute atomic E-state index is 15.0. The number of aromatic nitrogens is 1. The first-order chi connectivity index (χ1) is 26.9. The lowest BCUT2D eigenvalue weighted by Crippen LogP contribution is -2.47. The van der Waals surface area contributed by atoms with E-state index >= 15 is 4.39 Å². The molecule has 4 atom stereocenters. The van der Waals surface area contributed by atoms with E-state index < -0.39 is 76.7 Å². The molecule has 9 N–H and O–H groups in total. The number of aliphatic carboxylic acids is 2. The van der Waals surface area contributed by atoms with Crippen LogP contribution >= 0.6 is 11.8 Å². The van der Waals surface area contributed by atoms with Crippen molar-refractivity contribution < 1.29 is 48.1 Å². The Balaban J connectivity index is 1.62. The monoisotopic (exact) mass is 816 g/mol. The van der Waals surface area contributed by atoms with E-state index in [4.69, 9.17) is 16.6 Å². The number of benzene rings is 2. The Labute approximate surface area is 335 Å². The number of nitrogens with one attached hydrogen (secondary N) is 2. The predicted molar refractivity (Wildman–Crippen MR) is 213 cm³/mol. The lowest BCUT2D eigenvalue weighted by atomic mass is 9.82. The van der Waals surface area contributed by atoms with Gasteiger partial charge in [-0.3, -0.25) is 24.0 Å². The van der Waals surface area contributed by atoms with Gasteiger partial charge in [-0.25, -0.2) is 8.78 Å². The Morgan fingerprint density at radius 2 is 1.56 bits per heavy atom. The van der Waals surface area contributed by atoms with Gasteiger partial charge in [-0.15, -0.1) is 11.8 Å². The third kappa shape index (κ3) is 14.6. The van der Waals surface area contributed by atoms with Crippen LogP contribution in [0.5, 0.6) is 0 Å². The quantitative estimate of drug-likeness (QED) is 0.0685. The number of carboxylic acids is 2. The number of hydrogen-bond donors (Lipinski definition) is 7. The van der Waals surface area contributed by atoms with Gasteiger partial charge in [0.05, 0.1) is 12.1 Å². The average Bonchev–Trinajstić information content (AvgIpc) is 3.56. The van der Waals surface area contributed by atoms with Gasteiger partial charge in [0.2, 0.25) is 17.7 Å². The summed E-state index contributed by atoms with van der Waals surface area (Å²) < 4.78 is 31.2. The smallest absolute Gasteiger partial charge is 0.321 e. The zero-order chi connectivity index (χ0) is 42.3. The van der Waals surface area contributed by atoms with Crippen LogP contribution in [0.25, 0.3) is 11.1 Å². The molecule has 0 aliphatic rings. The van der Waals surface area contributed by atoms with Crippen LogP contribution in [-0.2, 0) is 30.5 Å². The molecule has 2 aromatic carbocycles. The molecule has 3 rings (SSSR count). The molecule has 17 heteroatoms. The van der Waals surface area contributed by atoms with E-state index in [-0.39, 0.29) is 37.2 Å². The molecule has 0 aliphatic carbocycles. The first kappa shape index (κ1) is 46.5. The number of carbonyl (C=O) groups excluding carboxylic acids is 3. The topological polar surface area (TPSA) is 230 Å². The Morgan fingerprint density at radius 1 is 0.895 bits per heavy atom. The summed E-state index contributed by atoms with van der Waals surface area (Å²) in [7, 11) is 0. The minimum Gasteiger partial charge on any atom is -0.480 e. The highest BCUT2D eigenvalue weighted by molar-refractivity contribution is 8.00. The van der Waals surface area contributed by atoms with E-state index in [2.05, 4.69) is 10.6 Å². The van der Waals surface area contributed by atoms with Crippen LogP contribution in [0.4, 0.5) is 8.78 Å². The van der Waals surface area contributed by atoms with E-state index in [0.717, 1.165) is 35.5 Å². The number of amides is 3. The molecule has 0 radical (unpaired) electrons. The molecule has 0 fully saturated rings. The van der Waals surface area contributed by atoms with Gasteiger partial charge in [0.1, 0.15) is 29.5 Å². The second-order valence-corrected chi connectivity index (χ2v) is 16.0. The molecule has 312 valence electrons. The van der Waals surface area contributed by atoms with Gasteiger partial charge in [-0.1, -0.05) is 51.1 Å². The first-order valence-corrected chi connectivity index (χ1v) is 19.7. The van der Waals surface area contributed by atoms with Crippen molar-refractivity contribution in [1.82, 2.24) is 20.1 Å². The molecule has 0 spiro atoms. The van der Waals surface area contributed by atoms with Crippen LogP contribution in [0.15, 0.2) is 60.8 Å². The number of carboxylic acid groups (broad SMARTS) is 2. The third-order valence-corrected chi connectivity index (χ3v) is 10.5. The molecule has 1 aromatic heterocycles. The van der Waals surface area contributed by atoms with Gasteiger partial charge >= 0.3 is 11.9 Å². The summed E-state index contributed by atoms with van der Waals surface area (Å²) in [5, 5.41) is 32.6. The minimum atomic E-state index is -1.26. The zero-order valence-corrected chi connectivity index (χ0v) is 33.3. The van der Waals surface area contributed by atoms with Gasteiger partial charge in [-0.05, 0) is 60.9 Å². The van der Waals surface area contributed by atoms with E-state index in [9.17, 15) is 38.6 Å². The summed E-state index contributed by atoms with van der Waals surface area (Å²) in [4.78, 5) is 62.5. The van der Waals surface area contributed by atoms with E-state index in [1.807, 2.05) is 55.7 Å². The van der Waals surface area contributed by atoms with Crippen LogP contribution in [-0.4, -0.2) is 104 Å². The average molecular weight is 817 g/mol. The second kappa shape index (κ2) is 22.2. The fraction of sp³-hybridized carbons (Fsp3) is 0.475. The normalized spacial score (nSPS) is 13.6. The molecule has 1 heterocycles. The fourth-order valence-electron chi connectivity index (χ4n) is 6.26. The number of carbonyl (C=O) groups is 5. The predicted octanol–water partition coefficient (Wildman–Crippen LogP) is 3.50. The van der Waals surface area contributed by atoms with E-state index in [1.165, 1.54) is 4.90 Å². The maximum atomic E-state index is 15.0. The number of unbranched alkanes of at least 4 members (excludes halogenated alkanes) is 2. The number of halogens is 2. The number of thioether (sulfide) groups is 1. The first-order valence-electron chi connectivity index (χ1n) is 18.6. The van der Waals surface area contributed by atoms with Crippen molar-refractivity contribution in [3.63, 3.8) is 0 Å². The van der Waals surface area contributed by atoms with Crippen molar-refractivity contribution in [3.05, 3.63) is 83.7 Å². The lowest BCUT2D eigenvalue weighted by Gasteiger charge is -2.41. The zero-order valence-electron chi connectivity index (χ0n) is 32.5. The molecule has 0 bridgehead atoms. The van der Waals surface area contributed by atoms with Gasteiger partial charge in [0.15, 0.2) is 0 Å². The third-order valence-electron chi connectivity index (χ3n) is 9.17. The van der Waals surface area contributed by atoms with Crippen molar-refractivity contribution in [2.24, 2.45) is 16.9 Å². The summed E-state index contributed by atoms with van der Waals surface area (Å²) in [5.74, 6) is -5.41. The minimum absolute atomic E-state index is 0.00337. The Morgan fingerprint density at radius 3 is 2.18 bits per heavy atom. The molecule has 0 aliphatic heterocycles. The van der Waals surface area contributed by atoms with Crippen LogP contribution in [0.2, 0.25) is 0 Å². The second-order valence-electron chi connectivity index (χ2n) is 14.8. The number of nitrogens with zero attached hydrogens (tertiary/aromatic N) is 2. The number of aliphatic hydroxyl groups excluding tert-OH is 1. The van der Waals surface area contributed by atoms with Crippen molar-refractivity contribution >= 4 is 41.4 Å². The highest BCUT2D eigenvalue weighted by atomic mass is 32.2. The van der Waals surface area contributed by atoms with Gasteiger partial charge in [0, 0.05) is 61.4 Å². The molecule has 3 amide bonds. The molecule has 0 saturated carbocycles. The molecule has 1 unspecified atom stereocenters. The number of hydrogen-bond acceptors (Lipinski definition) is 9. The van der Waals surface area contributed by atoms with E-state index in [1.54, 1.807) is 12.3 Å². The van der Waals surface area contributed by atoms with Crippen molar-refractivity contribution in [2.75, 3.05) is 32.0 Å². The van der Waals surface area contributed by atoms with Gasteiger partial charge in [0.25, 0.3) is 0 Å². The molecule has 3 aromatic rings. The fourth-order valence-corrected chi connectivity index (χ4v) is 7.25. The molecule has 0 saturated heterocycles. The standard InChI is InChI=1S/C40H54F2N6O8S/c1-40(2,3)36(32-18-26(28-19-27(41)12-13-29(28)42)22-47(32)21-25-10-6-4-7-11-25)48(35(51)23-49)17-14-30(43)37(52)46-16-9-5-8-15-45-34(50)20-33(39(55)56)57-24-31(44)38(53)54/h4,6-7,10-13,18-19,22,30-31,33,36,49H,5,8-9,14-17,20-21,23-24,43-44H2,1-3H3,(H,45,50)(H,46,52)(H,53,54)(H,55,56)/t30-,31-,33?,36-/m0/s1. The summed E-state index contributed by atoms with van der Waals surface area (Å²) >= 11 is 0.790. The number of aliphatic hydroxyl groups is 1. The van der Waals surface area contributed by atoms with Crippen molar-refractivity contribution in [3.8, 4) is 11.1 Å². The SMILES string of the molecule is CC(C)(C)[C@H](c1cc(-c2cc(F)ccc2F)cn1Cc1ccccc1)N(CC[C@H](N)C(=O)NCCCCCNC(=O)CC(SC[C@H](N)C(=O)O)C(=O)O)C(=O)CO. The lowest BCUT2D eigenvalue weighted by molar-refractivity contribution is -0.140. The van der Waals surface area contributed by atoms with Gasteiger partial charge < -0.3 is 46.9 Å². The molecule has 14 nitrogen and oxygen atoms in total. The van der Waals surface area contributed by atoms with Gasteiger partial charge in [-0.2, -0.15) is 0 Å². The number of nitrogens with two attached hydrogens (primary N) is 2. The molecular weight excluding hydrogens is 763 g/mol. The van der Waals surface area contributed by atoms with Crippen LogP contribution < -0.4 is 22.1 Å². The Kier molecular flexibility index (Phi) is 18.1. The summed E-state index contributed by atoms with van der Waals surface area (Å²) in [6, 6.07) is 11.5. The molecular formula is C40H54F2N6O8S. The summed E-state index contributed by atoms with van der Waals surface area (Å²) in [6.07, 6.45) is 3.16. The van der Waals surface area contributed by atoms with Crippen molar-refractivity contribution in [1.29, 1.82) is 0 Å². The summed E-state index contributed by atoms with van der Waals surface area (Å²) in [5.41, 5.74) is 13.1. The number of rotatable bonds is 23. The summed E-state index contributed by atoms with van der Waals surface area (Å²) in [6.45, 7) is 5.87. The highest BCUT2D eigenvalue weighted by Gasteiger charge is 2.37.